The van der Waals surface area contributed by atoms with Crippen LogP contribution in [-0.2, 0) is 23.9 Å². The predicted octanol–water partition coefficient (Wildman–Crippen LogP) is 2.71. The second kappa shape index (κ2) is 8.95. The number of aryl methyl sites for hydroxylation is 2. The van der Waals surface area contributed by atoms with Gasteiger partial charge in [0.1, 0.15) is 6.54 Å². The van der Waals surface area contributed by atoms with E-state index >= 15 is 0 Å². The molecule has 9 heteroatoms. The number of anilines is 1. The summed E-state index contributed by atoms with van der Waals surface area (Å²) in [5.41, 5.74) is 2.62. The van der Waals surface area contributed by atoms with Crippen molar-refractivity contribution in [2.24, 2.45) is 11.8 Å². The lowest BCUT2D eigenvalue weighted by Gasteiger charge is -2.29. The first-order valence-corrected chi connectivity index (χ1v) is 11.2. The number of alkyl halides is 2. The van der Waals surface area contributed by atoms with Gasteiger partial charge in [-0.15, -0.1) is 0 Å². The number of imide groups is 1. The molecule has 1 aromatic carbocycles. The van der Waals surface area contributed by atoms with Crippen molar-refractivity contribution in [2.45, 2.75) is 36.3 Å². The molecule has 0 unspecified atom stereocenters. The molecule has 0 radical (unpaired) electrons. The maximum atomic E-state index is 12.6. The highest BCUT2D eigenvalue weighted by Crippen LogP contribution is 2.43. The third-order valence-electron chi connectivity index (χ3n) is 5.16. The molecular formula is C20H22Br2N2O5. The SMILES string of the molecule is Cc1cc(C)cc(NC(=O)COC(=O)CN2C(=O)[C@H]3C[C@@H](Br)[C@@H](Br)C[C@H]3C2=O)c1. The summed E-state index contributed by atoms with van der Waals surface area (Å²) in [4.78, 5) is 50.4. The normalized spacial score (nSPS) is 26.3. The van der Waals surface area contributed by atoms with Crippen LogP contribution in [0.3, 0.4) is 0 Å². The van der Waals surface area contributed by atoms with Crippen LogP contribution in [0.4, 0.5) is 5.69 Å². The van der Waals surface area contributed by atoms with Crippen molar-refractivity contribution in [1.82, 2.24) is 4.90 Å². The molecule has 29 heavy (non-hydrogen) atoms. The zero-order valence-electron chi connectivity index (χ0n) is 16.1. The van der Waals surface area contributed by atoms with E-state index in [0.717, 1.165) is 16.0 Å². The molecule has 1 aliphatic heterocycles. The van der Waals surface area contributed by atoms with Crippen molar-refractivity contribution in [3.8, 4) is 0 Å². The minimum absolute atomic E-state index is 0.0985. The molecule has 3 rings (SSSR count). The Morgan fingerprint density at radius 1 is 1.03 bits per heavy atom. The van der Waals surface area contributed by atoms with Gasteiger partial charge in [-0.05, 0) is 49.9 Å². The highest BCUT2D eigenvalue weighted by atomic mass is 79.9. The fourth-order valence-corrected chi connectivity index (χ4v) is 5.12. The number of carbonyl (C=O) groups is 4. The van der Waals surface area contributed by atoms with Crippen molar-refractivity contribution in [2.75, 3.05) is 18.5 Å². The van der Waals surface area contributed by atoms with Gasteiger partial charge in [-0.25, -0.2) is 0 Å². The van der Waals surface area contributed by atoms with E-state index in [1.807, 2.05) is 32.0 Å². The molecule has 1 heterocycles. The molecule has 7 nitrogen and oxygen atoms in total. The number of ether oxygens (including phenoxy) is 1. The Hall–Kier alpha value is -1.74. The number of amides is 3. The average molecular weight is 530 g/mol. The summed E-state index contributed by atoms with van der Waals surface area (Å²) in [6.45, 7) is 2.88. The Labute approximate surface area is 185 Å². The molecule has 2 fully saturated rings. The van der Waals surface area contributed by atoms with Gasteiger partial charge in [0.05, 0.1) is 11.8 Å². The van der Waals surface area contributed by atoms with Gasteiger partial charge in [-0.2, -0.15) is 0 Å². The third-order valence-corrected chi connectivity index (χ3v) is 7.89. The zero-order chi connectivity index (χ0) is 21.3. The maximum absolute atomic E-state index is 12.6. The standard InChI is InChI=1S/C20H22Br2N2O5/c1-10-3-11(2)5-12(4-10)23-17(25)9-29-18(26)8-24-19(27)13-6-15(21)16(22)7-14(13)20(24)28/h3-5,13-16H,6-9H2,1-2H3,(H,23,25)/t13-,14+,15+,16-. The van der Waals surface area contributed by atoms with Gasteiger partial charge < -0.3 is 10.1 Å². The monoisotopic (exact) mass is 528 g/mol. The molecule has 3 amide bonds. The van der Waals surface area contributed by atoms with Gasteiger partial charge in [0.15, 0.2) is 6.61 Å². The summed E-state index contributed by atoms with van der Waals surface area (Å²) in [7, 11) is 0. The molecule has 156 valence electrons. The van der Waals surface area contributed by atoms with E-state index < -0.39 is 36.9 Å². The van der Waals surface area contributed by atoms with Gasteiger partial charge in [-0.3, -0.25) is 24.1 Å². The molecule has 2 aliphatic rings. The van der Waals surface area contributed by atoms with Gasteiger partial charge in [0.25, 0.3) is 5.91 Å². The third kappa shape index (κ3) is 5.06. The molecule has 1 N–H and O–H groups in total. The summed E-state index contributed by atoms with van der Waals surface area (Å²) >= 11 is 7.04. The topological polar surface area (TPSA) is 92.8 Å². The number of hydrogen-bond acceptors (Lipinski definition) is 5. The summed E-state index contributed by atoms with van der Waals surface area (Å²) in [6, 6.07) is 5.60. The first-order chi connectivity index (χ1) is 13.7. The number of hydrogen-bond donors (Lipinski definition) is 1. The minimum Gasteiger partial charge on any atom is -0.454 e. The van der Waals surface area contributed by atoms with Crippen molar-refractivity contribution < 1.29 is 23.9 Å². The fourth-order valence-electron chi connectivity index (χ4n) is 3.88. The first-order valence-electron chi connectivity index (χ1n) is 9.33. The molecule has 0 bridgehead atoms. The van der Waals surface area contributed by atoms with Gasteiger partial charge in [-0.1, -0.05) is 37.9 Å². The summed E-state index contributed by atoms with van der Waals surface area (Å²) < 4.78 is 4.98. The zero-order valence-corrected chi connectivity index (χ0v) is 19.3. The first kappa shape index (κ1) is 22.0. The number of nitrogens with one attached hydrogen (secondary N) is 1. The van der Waals surface area contributed by atoms with Crippen LogP contribution >= 0.6 is 31.9 Å². The Balaban J connectivity index is 1.52. The van der Waals surface area contributed by atoms with Gasteiger partial charge in [0.2, 0.25) is 11.8 Å². The van der Waals surface area contributed by atoms with Crippen molar-refractivity contribution in [3.05, 3.63) is 29.3 Å². The summed E-state index contributed by atoms with van der Waals surface area (Å²) in [5.74, 6) is -2.80. The van der Waals surface area contributed by atoms with Crippen molar-refractivity contribution in [3.63, 3.8) is 0 Å². The number of fused-ring (bicyclic) bond motifs is 1. The predicted molar refractivity (Wildman–Crippen MR) is 114 cm³/mol. The number of halogens is 2. The maximum Gasteiger partial charge on any atom is 0.326 e. The second-order valence-corrected chi connectivity index (χ2v) is 9.92. The van der Waals surface area contributed by atoms with Crippen LogP contribution in [0.2, 0.25) is 0 Å². The van der Waals surface area contributed by atoms with Crippen LogP contribution in [-0.4, -0.2) is 51.4 Å². The average Bonchev–Trinajstić information content (AvgIpc) is 2.84. The Bertz CT molecular complexity index is 811. The van der Waals surface area contributed by atoms with Gasteiger partial charge in [0, 0.05) is 15.3 Å². The lowest BCUT2D eigenvalue weighted by Crippen LogP contribution is -2.37. The van der Waals surface area contributed by atoms with Crippen LogP contribution in [0.15, 0.2) is 18.2 Å². The Kier molecular flexibility index (Phi) is 6.78. The Morgan fingerprint density at radius 3 is 2.07 bits per heavy atom. The second-order valence-electron chi connectivity index (χ2n) is 7.56. The van der Waals surface area contributed by atoms with Gasteiger partial charge >= 0.3 is 5.97 Å². The number of nitrogens with zero attached hydrogens (tertiary/aromatic N) is 1. The number of rotatable bonds is 5. The van der Waals surface area contributed by atoms with Crippen LogP contribution < -0.4 is 5.32 Å². The molecule has 0 aromatic heterocycles. The highest BCUT2D eigenvalue weighted by Gasteiger charge is 2.52. The number of likely N-dealkylation sites (tertiary alicyclic amines) is 1. The lowest BCUT2D eigenvalue weighted by atomic mass is 9.81. The van der Waals surface area contributed by atoms with E-state index in [1.54, 1.807) is 0 Å². The number of benzene rings is 1. The smallest absolute Gasteiger partial charge is 0.326 e. The van der Waals surface area contributed by atoms with E-state index in [9.17, 15) is 19.2 Å². The molecule has 1 saturated carbocycles. The quantitative estimate of drug-likeness (QED) is 0.359. The Morgan fingerprint density at radius 2 is 1.55 bits per heavy atom. The van der Waals surface area contributed by atoms with E-state index in [2.05, 4.69) is 37.2 Å². The molecule has 4 atom stereocenters. The molecule has 1 aliphatic carbocycles. The highest BCUT2D eigenvalue weighted by molar-refractivity contribution is 9.12. The minimum atomic E-state index is -0.785. The molecule has 1 aromatic rings. The molecule has 0 spiro atoms. The van der Waals surface area contributed by atoms with E-state index in [4.69, 9.17) is 4.74 Å². The summed E-state index contributed by atoms with van der Waals surface area (Å²) in [6.07, 6.45) is 1.07. The van der Waals surface area contributed by atoms with Crippen molar-refractivity contribution in [1.29, 1.82) is 0 Å². The number of carbonyl (C=O) groups excluding carboxylic acids is 4. The van der Waals surface area contributed by atoms with Crippen molar-refractivity contribution >= 4 is 61.2 Å². The fraction of sp³-hybridized carbons (Fsp3) is 0.500. The van der Waals surface area contributed by atoms with Crippen LogP contribution in [0, 0.1) is 25.7 Å². The van der Waals surface area contributed by atoms with Crippen LogP contribution in [0.25, 0.3) is 0 Å². The number of esters is 1. The lowest BCUT2D eigenvalue weighted by molar-refractivity contribution is -0.154. The van der Waals surface area contributed by atoms with Crippen LogP contribution in [0.1, 0.15) is 24.0 Å². The van der Waals surface area contributed by atoms with E-state index in [1.165, 1.54) is 0 Å². The van der Waals surface area contributed by atoms with E-state index in [0.29, 0.717) is 18.5 Å². The molecule has 1 saturated heterocycles. The largest absolute Gasteiger partial charge is 0.454 e. The summed E-state index contributed by atoms with van der Waals surface area (Å²) in [5, 5.41) is 2.67. The van der Waals surface area contributed by atoms with E-state index in [-0.39, 0.29) is 21.5 Å². The van der Waals surface area contributed by atoms with Crippen LogP contribution in [0.5, 0.6) is 0 Å². The molecular weight excluding hydrogens is 508 g/mol.